The van der Waals surface area contributed by atoms with E-state index < -0.39 is 0 Å². The van der Waals surface area contributed by atoms with Crippen LogP contribution in [0, 0.1) is 6.92 Å². The van der Waals surface area contributed by atoms with Gasteiger partial charge in [0.1, 0.15) is 5.56 Å². The molecule has 0 fully saturated rings. The van der Waals surface area contributed by atoms with Gasteiger partial charge in [-0.25, -0.2) is 4.68 Å². The van der Waals surface area contributed by atoms with Crippen molar-refractivity contribution in [1.29, 1.82) is 0 Å². The third-order valence-corrected chi connectivity index (χ3v) is 3.05. The molecule has 0 spiro atoms. The van der Waals surface area contributed by atoms with E-state index in [1.54, 1.807) is 14.2 Å². The van der Waals surface area contributed by atoms with Crippen molar-refractivity contribution < 1.29 is 29.9 Å². The van der Waals surface area contributed by atoms with Crippen LogP contribution < -0.4 is 9.47 Å². The van der Waals surface area contributed by atoms with E-state index in [0.717, 1.165) is 17.0 Å². The molecule has 1 aromatic carbocycles. The van der Waals surface area contributed by atoms with Crippen molar-refractivity contribution >= 4 is 0 Å². The summed E-state index contributed by atoms with van der Waals surface area (Å²) in [7, 11) is 3.29. The topological polar surface area (TPSA) is 36.3 Å². The predicted molar refractivity (Wildman–Crippen MR) is 75.9 cm³/mol. The summed E-state index contributed by atoms with van der Waals surface area (Å²) in [5.74, 6) is 1.32. The summed E-state index contributed by atoms with van der Waals surface area (Å²) in [5.41, 5.74) is 3.17. The van der Waals surface area contributed by atoms with Crippen LogP contribution in [0.25, 0.3) is 11.1 Å². The summed E-state index contributed by atoms with van der Waals surface area (Å²) in [6.45, 7) is 6.19. The first-order valence-electron chi connectivity index (χ1n) is 6.36. The van der Waals surface area contributed by atoms with Crippen molar-refractivity contribution in [3.05, 3.63) is 29.8 Å². The summed E-state index contributed by atoms with van der Waals surface area (Å²) in [6, 6.07) is 8.47. The summed E-state index contributed by atoms with van der Waals surface area (Å²) in [6.07, 6.45) is 0. The summed E-state index contributed by atoms with van der Waals surface area (Å²) < 4.78 is 12.8. The van der Waals surface area contributed by atoms with Crippen LogP contribution in [0.5, 0.6) is 11.8 Å². The minimum Gasteiger partial charge on any atom is -0.481 e. The van der Waals surface area contributed by atoms with Crippen molar-refractivity contribution in [2.24, 2.45) is 0 Å². The van der Waals surface area contributed by atoms with Crippen LogP contribution in [-0.2, 0) is 20.4 Å². The Morgan fingerprint density at radius 3 is 2.10 bits per heavy atom. The maximum Gasteiger partial charge on any atom is 0.244 e. The van der Waals surface area contributed by atoms with Gasteiger partial charge in [0.05, 0.1) is 20.3 Å². The van der Waals surface area contributed by atoms with E-state index in [0.29, 0.717) is 5.88 Å². The second-order valence-electron chi connectivity index (χ2n) is 4.80. The Kier molecular flexibility index (Phi) is 5.79. The molecule has 0 aliphatic rings. The first-order valence-corrected chi connectivity index (χ1v) is 6.36. The van der Waals surface area contributed by atoms with Gasteiger partial charge in [-0.3, -0.25) is 0 Å². The quantitative estimate of drug-likeness (QED) is 0.778. The van der Waals surface area contributed by atoms with Gasteiger partial charge in [0, 0.05) is 20.4 Å². The van der Waals surface area contributed by atoms with Gasteiger partial charge in [-0.2, -0.15) is 0 Å². The number of benzene rings is 1. The monoisotopic (exact) mass is 366 g/mol. The van der Waals surface area contributed by atoms with Gasteiger partial charge in [-0.1, -0.05) is 29.8 Å². The molecule has 20 heavy (non-hydrogen) atoms. The average molecular weight is 367 g/mol. The van der Waals surface area contributed by atoms with Crippen molar-refractivity contribution in [1.82, 2.24) is 9.78 Å². The van der Waals surface area contributed by atoms with Gasteiger partial charge in [-0.15, -0.1) is 5.10 Å². The molecule has 0 aliphatic carbocycles. The molecule has 0 saturated heterocycles. The van der Waals surface area contributed by atoms with Crippen LogP contribution in [-0.4, -0.2) is 24.0 Å². The zero-order chi connectivity index (χ0) is 14.0. The first kappa shape index (κ1) is 16.7. The van der Waals surface area contributed by atoms with Gasteiger partial charge >= 0.3 is 0 Å². The number of nitrogens with zero attached hydrogens (tertiary/aromatic N) is 2. The molecule has 2 rings (SSSR count). The predicted octanol–water partition coefficient (Wildman–Crippen LogP) is 3.45. The number of methoxy groups -OCH3 is 2. The Bertz CT molecular complexity index is 562. The van der Waals surface area contributed by atoms with E-state index >= 15 is 0 Å². The Balaban J connectivity index is 0.00000200. The fraction of sp³-hybridized carbons (Fsp3) is 0.400. The van der Waals surface area contributed by atoms with Crippen molar-refractivity contribution in [3.63, 3.8) is 0 Å². The summed E-state index contributed by atoms with van der Waals surface area (Å²) >= 11 is 0. The number of ether oxygens (including phenoxy) is 2. The van der Waals surface area contributed by atoms with E-state index in [9.17, 15) is 0 Å². The van der Waals surface area contributed by atoms with Gasteiger partial charge < -0.3 is 9.47 Å². The number of rotatable bonds is 4. The van der Waals surface area contributed by atoms with E-state index in [1.807, 2.05) is 4.68 Å². The Hall–Kier alpha value is -1.31. The molecule has 0 saturated carbocycles. The fourth-order valence-electron chi connectivity index (χ4n) is 2.05. The molecule has 0 bridgehead atoms. The second kappa shape index (κ2) is 6.92. The number of aromatic nitrogens is 2. The molecule has 4 nitrogen and oxygen atoms in total. The van der Waals surface area contributed by atoms with Crippen LogP contribution in [0.4, 0.5) is 0 Å². The van der Waals surface area contributed by atoms with Crippen LogP contribution in [0.2, 0.25) is 0 Å². The summed E-state index contributed by atoms with van der Waals surface area (Å²) in [4.78, 5) is 0. The largest absolute Gasteiger partial charge is 0.481 e. The molecular weight excluding hydrogens is 347 g/mol. The zero-order valence-electron chi connectivity index (χ0n) is 12.4. The standard InChI is InChI=1S/C15H20N2O2.Pd/c1-10(2)17-15(19-5)13(14(16-17)18-4)12-8-6-11(3)7-9-12;/h6-10H,1-5H3;. The number of aryl methyl sites for hydroxylation is 1. The summed E-state index contributed by atoms with van der Waals surface area (Å²) in [5, 5.41) is 4.47. The molecule has 0 radical (unpaired) electrons. The SMILES string of the molecule is COc1nn(C(C)C)c(OC)c1-c1ccc(C)cc1.[Pd]. The van der Waals surface area contributed by atoms with Crippen LogP contribution in [0.3, 0.4) is 0 Å². The van der Waals surface area contributed by atoms with Crippen LogP contribution in [0.15, 0.2) is 24.3 Å². The molecule has 1 heterocycles. The smallest absolute Gasteiger partial charge is 0.244 e. The van der Waals surface area contributed by atoms with Crippen molar-refractivity contribution in [3.8, 4) is 22.9 Å². The van der Waals surface area contributed by atoms with Gasteiger partial charge in [0.15, 0.2) is 0 Å². The van der Waals surface area contributed by atoms with E-state index in [1.165, 1.54) is 5.56 Å². The third-order valence-electron chi connectivity index (χ3n) is 3.05. The molecular formula is C15H20N2O2Pd. The Morgan fingerprint density at radius 1 is 1.05 bits per heavy atom. The molecule has 0 aliphatic heterocycles. The van der Waals surface area contributed by atoms with E-state index in [4.69, 9.17) is 9.47 Å². The van der Waals surface area contributed by atoms with Gasteiger partial charge in [-0.05, 0) is 26.3 Å². The first-order chi connectivity index (χ1) is 9.08. The van der Waals surface area contributed by atoms with E-state index in [-0.39, 0.29) is 26.5 Å². The minimum atomic E-state index is 0. The van der Waals surface area contributed by atoms with Crippen LogP contribution >= 0.6 is 0 Å². The third kappa shape index (κ3) is 3.05. The molecule has 0 amide bonds. The second-order valence-corrected chi connectivity index (χ2v) is 4.80. The maximum atomic E-state index is 5.53. The van der Waals surface area contributed by atoms with Gasteiger partial charge in [0.2, 0.25) is 11.8 Å². The molecule has 112 valence electrons. The normalized spacial score (nSPS) is 10.3. The fourth-order valence-corrected chi connectivity index (χ4v) is 2.05. The Morgan fingerprint density at radius 2 is 1.65 bits per heavy atom. The van der Waals surface area contributed by atoms with E-state index in [2.05, 4.69) is 50.1 Å². The van der Waals surface area contributed by atoms with Crippen molar-refractivity contribution in [2.45, 2.75) is 26.8 Å². The zero-order valence-corrected chi connectivity index (χ0v) is 14.0. The molecule has 5 heteroatoms. The molecule has 1 aromatic heterocycles. The number of hydrogen-bond acceptors (Lipinski definition) is 3. The molecule has 0 unspecified atom stereocenters. The number of hydrogen-bond donors (Lipinski definition) is 0. The molecule has 0 atom stereocenters. The Labute approximate surface area is 133 Å². The van der Waals surface area contributed by atoms with Crippen LogP contribution in [0.1, 0.15) is 25.5 Å². The molecule has 0 N–H and O–H groups in total. The minimum absolute atomic E-state index is 0. The average Bonchev–Trinajstić information content (AvgIpc) is 2.78. The maximum absolute atomic E-state index is 5.53. The van der Waals surface area contributed by atoms with Crippen molar-refractivity contribution in [2.75, 3.05) is 14.2 Å². The van der Waals surface area contributed by atoms with Gasteiger partial charge in [0.25, 0.3) is 0 Å². The molecule has 2 aromatic rings.